The Balaban J connectivity index is 1.79. The number of methoxy groups -OCH3 is 2. The maximum Gasteiger partial charge on any atom is 0.413 e. The van der Waals surface area contributed by atoms with Gasteiger partial charge >= 0.3 is 6.09 Å². The number of halogens is 2. The van der Waals surface area contributed by atoms with Crippen LogP contribution in [0.4, 0.5) is 4.79 Å². The summed E-state index contributed by atoms with van der Waals surface area (Å²) < 4.78 is 16.1. The summed E-state index contributed by atoms with van der Waals surface area (Å²) >= 11 is 12.2. The molecule has 0 bridgehead atoms. The molecule has 3 aromatic rings. The number of rotatable bonds is 6. The quantitative estimate of drug-likeness (QED) is 0.508. The Morgan fingerprint density at radius 2 is 1.53 bits per heavy atom. The van der Waals surface area contributed by atoms with Crippen LogP contribution >= 0.6 is 23.2 Å². The number of carbonyl (C=O) groups excluding carboxylic acids is 1. The largest absolute Gasteiger partial charge is 0.497 e. The molecular weight excluding hydrogens is 453 g/mol. The van der Waals surface area contributed by atoms with Crippen LogP contribution < -0.4 is 9.47 Å². The number of carbonyl (C=O) groups is 1. The summed E-state index contributed by atoms with van der Waals surface area (Å²) in [6.07, 6.45) is -1.63. The second-order valence-electron chi connectivity index (χ2n) is 7.33. The minimum absolute atomic E-state index is 0.0604. The highest BCUT2D eigenvalue weighted by atomic mass is 35.5. The summed E-state index contributed by atoms with van der Waals surface area (Å²) in [6.45, 7) is 0.0604. The number of aliphatic hydroxyl groups is 1. The van der Waals surface area contributed by atoms with E-state index < -0.39 is 17.9 Å². The third-order valence-corrected chi connectivity index (χ3v) is 6.21. The average Bonchev–Trinajstić information content (AvgIpc) is 3.07. The van der Waals surface area contributed by atoms with Crippen LogP contribution in [0.5, 0.6) is 11.5 Å². The smallest absolute Gasteiger partial charge is 0.413 e. The van der Waals surface area contributed by atoms with Gasteiger partial charge in [-0.2, -0.15) is 0 Å². The molecule has 1 saturated heterocycles. The van der Waals surface area contributed by atoms with Crippen LogP contribution in [0.15, 0.2) is 66.7 Å². The predicted molar refractivity (Wildman–Crippen MR) is 121 cm³/mol. The first-order valence-electron chi connectivity index (χ1n) is 9.80. The summed E-state index contributed by atoms with van der Waals surface area (Å²) in [4.78, 5) is 14.3. The Morgan fingerprint density at radius 1 is 0.938 bits per heavy atom. The minimum Gasteiger partial charge on any atom is -0.497 e. The van der Waals surface area contributed by atoms with Gasteiger partial charge in [0.25, 0.3) is 0 Å². The van der Waals surface area contributed by atoms with Crippen molar-refractivity contribution in [2.45, 2.75) is 18.4 Å². The van der Waals surface area contributed by atoms with E-state index in [0.29, 0.717) is 38.2 Å². The molecule has 1 aliphatic heterocycles. The van der Waals surface area contributed by atoms with Crippen molar-refractivity contribution >= 4 is 29.3 Å². The van der Waals surface area contributed by atoms with Crippen LogP contribution in [0.2, 0.25) is 10.0 Å². The van der Waals surface area contributed by atoms with Crippen molar-refractivity contribution in [3.8, 4) is 11.5 Å². The van der Waals surface area contributed by atoms with E-state index in [0.717, 1.165) is 0 Å². The Bertz CT molecular complexity index is 1120. The van der Waals surface area contributed by atoms with Gasteiger partial charge in [0.1, 0.15) is 11.5 Å². The number of hydrogen-bond acceptors (Lipinski definition) is 5. The van der Waals surface area contributed by atoms with E-state index in [1.807, 2.05) is 0 Å². The topological polar surface area (TPSA) is 68.2 Å². The fourth-order valence-electron chi connectivity index (χ4n) is 3.76. The molecule has 0 aliphatic carbocycles. The van der Waals surface area contributed by atoms with Crippen LogP contribution in [-0.2, 0) is 17.0 Å². The third-order valence-electron chi connectivity index (χ3n) is 5.47. The van der Waals surface area contributed by atoms with E-state index >= 15 is 0 Å². The molecule has 32 heavy (non-hydrogen) atoms. The molecule has 8 heteroatoms. The highest BCUT2D eigenvalue weighted by molar-refractivity contribution is 6.42. The monoisotopic (exact) mass is 473 g/mol. The summed E-state index contributed by atoms with van der Waals surface area (Å²) in [7, 11) is 3.12. The van der Waals surface area contributed by atoms with Crippen molar-refractivity contribution in [2.75, 3.05) is 14.2 Å². The van der Waals surface area contributed by atoms with E-state index in [1.165, 1.54) is 4.90 Å². The molecular formula is C24H21Cl2NO5. The first-order chi connectivity index (χ1) is 15.4. The normalized spacial score (nSPS) is 20.2. The van der Waals surface area contributed by atoms with Crippen molar-refractivity contribution in [3.63, 3.8) is 0 Å². The highest BCUT2D eigenvalue weighted by Crippen LogP contribution is 2.47. The molecule has 1 heterocycles. The fourth-order valence-corrected chi connectivity index (χ4v) is 4.08. The number of benzene rings is 3. The van der Waals surface area contributed by atoms with Gasteiger partial charge in [0, 0.05) is 5.56 Å². The second kappa shape index (κ2) is 8.90. The van der Waals surface area contributed by atoms with E-state index in [9.17, 15) is 9.90 Å². The molecule has 0 saturated carbocycles. The van der Waals surface area contributed by atoms with E-state index in [2.05, 4.69) is 0 Å². The van der Waals surface area contributed by atoms with E-state index in [-0.39, 0.29) is 6.54 Å². The van der Waals surface area contributed by atoms with Crippen LogP contribution in [0.3, 0.4) is 0 Å². The first-order valence-corrected chi connectivity index (χ1v) is 10.6. The van der Waals surface area contributed by atoms with Crippen molar-refractivity contribution in [1.29, 1.82) is 0 Å². The summed E-state index contributed by atoms with van der Waals surface area (Å²) in [5, 5.41) is 12.8. The molecule has 0 unspecified atom stereocenters. The van der Waals surface area contributed by atoms with Crippen LogP contribution in [0, 0.1) is 0 Å². The zero-order valence-corrected chi connectivity index (χ0v) is 18.9. The SMILES string of the molecule is COc1ccc([C@H]2OC(=O)N(Cc3ccc(Cl)c(Cl)c3)[C@@]2(O)c2ccc(OC)cc2)cc1. The van der Waals surface area contributed by atoms with Gasteiger partial charge in [-0.15, -0.1) is 0 Å². The van der Waals surface area contributed by atoms with Gasteiger partial charge in [0.2, 0.25) is 5.72 Å². The Morgan fingerprint density at radius 3 is 2.09 bits per heavy atom. The summed E-state index contributed by atoms with van der Waals surface area (Å²) in [5.41, 5.74) is 0.00199. The Hall–Kier alpha value is -2.93. The van der Waals surface area contributed by atoms with E-state index in [1.54, 1.807) is 80.9 Å². The van der Waals surface area contributed by atoms with Crippen molar-refractivity contribution < 1.29 is 24.1 Å². The van der Waals surface area contributed by atoms with Gasteiger partial charge in [0.15, 0.2) is 6.10 Å². The van der Waals surface area contributed by atoms with Gasteiger partial charge in [-0.05, 0) is 47.5 Å². The Labute approximate surface area is 195 Å². The van der Waals surface area contributed by atoms with Gasteiger partial charge in [-0.3, -0.25) is 4.90 Å². The molecule has 2 atom stereocenters. The zero-order chi connectivity index (χ0) is 22.9. The van der Waals surface area contributed by atoms with Crippen LogP contribution in [0.1, 0.15) is 22.8 Å². The molecule has 0 aromatic heterocycles. The molecule has 1 N–H and O–H groups in total. The van der Waals surface area contributed by atoms with Crippen molar-refractivity contribution in [2.24, 2.45) is 0 Å². The molecule has 0 radical (unpaired) electrons. The lowest BCUT2D eigenvalue weighted by Gasteiger charge is -2.35. The predicted octanol–water partition coefficient (Wildman–Crippen LogP) is 5.55. The second-order valence-corrected chi connectivity index (χ2v) is 8.14. The summed E-state index contributed by atoms with van der Waals surface area (Å²) in [6, 6.07) is 18.9. The van der Waals surface area contributed by atoms with Gasteiger partial charge in [0.05, 0.1) is 30.8 Å². The molecule has 166 valence electrons. The van der Waals surface area contributed by atoms with Crippen LogP contribution in [0.25, 0.3) is 0 Å². The zero-order valence-electron chi connectivity index (χ0n) is 17.4. The molecule has 3 aromatic carbocycles. The van der Waals surface area contributed by atoms with Gasteiger partial charge in [-0.25, -0.2) is 4.79 Å². The maximum atomic E-state index is 13.0. The third kappa shape index (κ3) is 3.97. The fraction of sp³-hybridized carbons (Fsp3) is 0.208. The Kier molecular flexibility index (Phi) is 6.20. The van der Waals surface area contributed by atoms with Gasteiger partial charge in [-0.1, -0.05) is 53.5 Å². The average molecular weight is 474 g/mol. The number of nitrogens with zero attached hydrogens (tertiary/aromatic N) is 1. The number of cyclic esters (lactones) is 1. The summed E-state index contributed by atoms with van der Waals surface area (Å²) in [5.74, 6) is 1.28. The lowest BCUT2D eigenvalue weighted by molar-refractivity contribution is -0.113. The van der Waals surface area contributed by atoms with Crippen LogP contribution in [-0.4, -0.2) is 30.3 Å². The van der Waals surface area contributed by atoms with Crippen molar-refractivity contribution in [1.82, 2.24) is 4.90 Å². The van der Waals surface area contributed by atoms with Crippen molar-refractivity contribution in [3.05, 3.63) is 93.5 Å². The lowest BCUT2D eigenvalue weighted by Crippen LogP contribution is -2.45. The van der Waals surface area contributed by atoms with Gasteiger partial charge < -0.3 is 19.3 Å². The molecule has 0 spiro atoms. The standard InChI is InChI=1S/C24H21Cl2NO5/c1-30-18-8-4-16(5-9-18)22-24(29,17-6-10-19(31-2)11-7-17)27(23(28)32-22)14-15-3-12-20(25)21(26)13-15/h3-13,22,29H,14H2,1-2H3/t22-,24-/m1/s1. The maximum absolute atomic E-state index is 13.0. The molecule has 1 aliphatic rings. The highest BCUT2D eigenvalue weighted by Gasteiger charge is 2.56. The number of amides is 1. The minimum atomic E-state index is -1.79. The number of hydrogen-bond donors (Lipinski definition) is 1. The molecule has 6 nitrogen and oxygen atoms in total. The number of ether oxygens (including phenoxy) is 3. The lowest BCUT2D eigenvalue weighted by atomic mass is 9.91. The molecule has 4 rings (SSSR count). The first kappa shape index (κ1) is 22.3. The molecule has 1 fully saturated rings. The molecule has 1 amide bonds. The van der Waals surface area contributed by atoms with E-state index in [4.69, 9.17) is 37.4 Å².